The van der Waals surface area contributed by atoms with Crippen LogP contribution >= 0.6 is 0 Å². The molecule has 2 fully saturated rings. The summed E-state index contributed by atoms with van der Waals surface area (Å²) in [7, 11) is 0. The Balaban J connectivity index is 1.63. The van der Waals surface area contributed by atoms with Crippen molar-refractivity contribution >= 4 is 0 Å². The molecule has 0 aromatic heterocycles. The normalized spacial score (nSPS) is 24.6. The molecule has 0 amide bonds. The van der Waals surface area contributed by atoms with E-state index in [0.29, 0.717) is 6.10 Å². The maximum atomic E-state index is 5.81. The first-order valence-electron chi connectivity index (χ1n) is 6.36. The largest absolute Gasteiger partial charge is 0.490 e. The molecule has 1 saturated heterocycles. The van der Waals surface area contributed by atoms with Crippen LogP contribution in [0, 0.1) is 5.92 Å². The summed E-state index contributed by atoms with van der Waals surface area (Å²) in [5, 5.41) is 3.42. The van der Waals surface area contributed by atoms with Crippen molar-refractivity contribution in [2.24, 2.45) is 5.92 Å². The van der Waals surface area contributed by atoms with E-state index in [1.165, 1.54) is 44.3 Å². The van der Waals surface area contributed by atoms with Crippen LogP contribution in [-0.4, -0.2) is 19.2 Å². The van der Waals surface area contributed by atoms with Crippen LogP contribution in [0.2, 0.25) is 0 Å². The number of benzene rings is 1. The van der Waals surface area contributed by atoms with Crippen molar-refractivity contribution in [2.45, 2.75) is 31.8 Å². The third-order valence-electron chi connectivity index (χ3n) is 3.41. The zero-order valence-corrected chi connectivity index (χ0v) is 9.61. The molecule has 0 radical (unpaired) electrons. The van der Waals surface area contributed by atoms with Crippen molar-refractivity contribution in [2.75, 3.05) is 13.1 Å². The number of ether oxygens (including phenoxy) is 1. The van der Waals surface area contributed by atoms with Gasteiger partial charge in [-0.2, -0.15) is 0 Å². The second-order valence-corrected chi connectivity index (χ2v) is 5.03. The van der Waals surface area contributed by atoms with E-state index in [1.807, 2.05) is 0 Å². The molecular weight excluding hydrogens is 198 g/mol. The molecular formula is C14H19NO. The van der Waals surface area contributed by atoms with E-state index in [0.717, 1.165) is 11.7 Å². The van der Waals surface area contributed by atoms with Crippen molar-refractivity contribution in [3.05, 3.63) is 29.8 Å². The van der Waals surface area contributed by atoms with Gasteiger partial charge >= 0.3 is 0 Å². The molecule has 2 nitrogen and oxygen atoms in total. The molecule has 0 spiro atoms. The average molecular weight is 217 g/mol. The summed E-state index contributed by atoms with van der Waals surface area (Å²) in [4.78, 5) is 0. The van der Waals surface area contributed by atoms with E-state index in [-0.39, 0.29) is 0 Å². The fourth-order valence-corrected chi connectivity index (χ4v) is 2.35. The van der Waals surface area contributed by atoms with Gasteiger partial charge in [0.15, 0.2) is 0 Å². The lowest BCUT2D eigenvalue weighted by Crippen LogP contribution is -2.10. The Morgan fingerprint density at radius 3 is 2.94 bits per heavy atom. The van der Waals surface area contributed by atoms with Crippen LogP contribution in [0.3, 0.4) is 0 Å². The monoisotopic (exact) mass is 217 g/mol. The Bertz CT molecular complexity index is 354. The van der Waals surface area contributed by atoms with Gasteiger partial charge in [0, 0.05) is 0 Å². The first-order valence-corrected chi connectivity index (χ1v) is 6.36. The van der Waals surface area contributed by atoms with Crippen molar-refractivity contribution in [1.82, 2.24) is 5.32 Å². The fourth-order valence-electron chi connectivity index (χ4n) is 2.35. The molecule has 2 aliphatic rings. The van der Waals surface area contributed by atoms with Crippen LogP contribution in [0.5, 0.6) is 5.75 Å². The molecule has 1 heterocycles. The summed E-state index contributed by atoms with van der Waals surface area (Å²) < 4.78 is 5.81. The highest BCUT2D eigenvalue weighted by atomic mass is 16.5. The second-order valence-electron chi connectivity index (χ2n) is 5.03. The smallest absolute Gasteiger partial charge is 0.119 e. The van der Waals surface area contributed by atoms with Crippen LogP contribution in [0.1, 0.15) is 24.8 Å². The quantitative estimate of drug-likeness (QED) is 0.836. The molecule has 0 bridgehead atoms. The second kappa shape index (κ2) is 4.46. The molecule has 1 saturated carbocycles. The Morgan fingerprint density at radius 2 is 2.19 bits per heavy atom. The molecule has 1 unspecified atom stereocenters. The third-order valence-corrected chi connectivity index (χ3v) is 3.41. The van der Waals surface area contributed by atoms with Crippen molar-refractivity contribution < 1.29 is 4.74 Å². The number of rotatable bonds is 4. The molecule has 1 aromatic carbocycles. The molecule has 16 heavy (non-hydrogen) atoms. The lowest BCUT2D eigenvalue weighted by molar-refractivity contribution is 0.303. The molecule has 86 valence electrons. The Morgan fingerprint density at radius 1 is 1.25 bits per heavy atom. The van der Waals surface area contributed by atoms with Gasteiger partial charge in [-0.1, -0.05) is 12.1 Å². The van der Waals surface area contributed by atoms with Gasteiger partial charge in [0.05, 0.1) is 6.10 Å². The van der Waals surface area contributed by atoms with Crippen LogP contribution in [-0.2, 0) is 6.42 Å². The maximum Gasteiger partial charge on any atom is 0.119 e. The molecule has 3 rings (SSSR count). The molecule has 1 N–H and O–H groups in total. The summed E-state index contributed by atoms with van der Waals surface area (Å²) in [5.74, 6) is 1.88. The maximum absolute atomic E-state index is 5.81. The standard InChI is InChI=1S/C14H19NO/c1-2-11(8-12-6-7-15-10-12)9-14(3-1)16-13-4-5-13/h1-3,9,12-13,15H,4-8,10H2. The Labute approximate surface area is 97.0 Å². The van der Waals surface area contributed by atoms with E-state index in [4.69, 9.17) is 4.74 Å². The minimum absolute atomic E-state index is 0.503. The van der Waals surface area contributed by atoms with Gasteiger partial charge < -0.3 is 10.1 Å². The zero-order valence-electron chi connectivity index (χ0n) is 9.61. The van der Waals surface area contributed by atoms with E-state index in [2.05, 4.69) is 29.6 Å². The molecule has 2 heteroatoms. The van der Waals surface area contributed by atoms with Crippen molar-refractivity contribution in [3.8, 4) is 5.75 Å². The predicted octanol–water partition coefficient (Wildman–Crippen LogP) is 2.38. The number of hydrogen-bond donors (Lipinski definition) is 1. The Hall–Kier alpha value is -1.02. The SMILES string of the molecule is c1cc(CC2CCNC2)cc(OC2CC2)c1. The molecule has 1 atom stereocenters. The average Bonchev–Trinajstić information content (AvgIpc) is 2.94. The van der Waals surface area contributed by atoms with E-state index < -0.39 is 0 Å². The van der Waals surface area contributed by atoms with Crippen LogP contribution in [0.4, 0.5) is 0 Å². The number of nitrogens with one attached hydrogen (secondary N) is 1. The zero-order chi connectivity index (χ0) is 10.8. The van der Waals surface area contributed by atoms with Gasteiger partial charge in [0.2, 0.25) is 0 Å². The first kappa shape index (κ1) is 10.2. The van der Waals surface area contributed by atoms with E-state index >= 15 is 0 Å². The van der Waals surface area contributed by atoms with Gasteiger partial charge in [-0.15, -0.1) is 0 Å². The fraction of sp³-hybridized carbons (Fsp3) is 0.571. The van der Waals surface area contributed by atoms with Gasteiger partial charge in [0.1, 0.15) is 5.75 Å². The van der Waals surface area contributed by atoms with E-state index in [1.54, 1.807) is 0 Å². The third kappa shape index (κ3) is 2.56. The van der Waals surface area contributed by atoms with Gasteiger partial charge in [-0.05, 0) is 62.4 Å². The van der Waals surface area contributed by atoms with Gasteiger partial charge in [-0.25, -0.2) is 0 Å². The molecule has 1 aliphatic carbocycles. The van der Waals surface area contributed by atoms with Crippen LogP contribution in [0.15, 0.2) is 24.3 Å². The van der Waals surface area contributed by atoms with Crippen LogP contribution in [0.25, 0.3) is 0 Å². The summed E-state index contributed by atoms with van der Waals surface area (Å²) in [6.45, 7) is 2.36. The molecule has 1 aromatic rings. The minimum Gasteiger partial charge on any atom is -0.490 e. The topological polar surface area (TPSA) is 21.3 Å². The highest BCUT2D eigenvalue weighted by Gasteiger charge is 2.23. The summed E-state index contributed by atoms with van der Waals surface area (Å²) in [6, 6.07) is 8.64. The molecule has 1 aliphatic heterocycles. The van der Waals surface area contributed by atoms with Crippen LogP contribution < -0.4 is 10.1 Å². The van der Waals surface area contributed by atoms with Crippen molar-refractivity contribution in [1.29, 1.82) is 0 Å². The Kier molecular flexibility index (Phi) is 2.83. The first-order chi connectivity index (χ1) is 7.90. The summed E-state index contributed by atoms with van der Waals surface area (Å²) in [6.07, 6.45) is 5.47. The lowest BCUT2D eigenvalue weighted by Gasteiger charge is -2.10. The van der Waals surface area contributed by atoms with Gasteiger partial charge in [0.25, 0.3) is 0 Å². The lowest BCUT2D eigenvalue weighted by atomic mass is 9.99. The minimum atomic E-state index is 0.503. The highest BCUT2D eigenvalue weighted by Crippen LogP contribution is 2.27. The summed E-state index contributed by atoms with van der Waals surface area (Å²) in [5.41, 5.74) is 1.42. The van der Waals surface area contributed by atoms with E-state index in [9.17, 15) is 0 Å². The van der Waals surface area contributed by atoms with Gasteiger partial charge in [-0.3, -0.25) is 0 Å². The highest BCUT2D eigenvalue weighted by molar-refractivity contribution is 5.29. The van der Waals surface area contributed by atoms with Crippen molar-refractivity contribution in [3.63, 3.8) is 0 Å². The summed E-state index contributed by atoms with van der Waals surface area (Å²) >= 11 is 0. The number of hydrogen-bond acceptors (Lipinski definition) is 2. The predicted molar refractivity (Wildman–Crippen MR) is 64.8 cm³/mol.